The van der Waals surface area contributed by atoms with Crippen LogP contribution in [0.15, 0.2) is 0 Å². The lowest BCUT2D eigenvalue weighted by molar-refractivity contribution is -0.126. The fourth-order valence-corrected chi connectivity index (χ4v) is 2.22. The first-order valence-electron chi connectivity index (χ1n) is 9.16. The van der Waals surface area contributed by atoms with Crippen molar-refractivity contribution in [3.05, 3.63) is 0 Å². The summed E-state index contributed by atoms with van der Waals surface area (Å²) in [4.78, 5) is 14.1. The molecule has 1 aliphatic rings. The Morgan fingerprint density at radius 3 is 2.39 bits per heavy atom. The highest BCUT2D eigenvalue weighted by molar-refractivity contribution is 5.85. The molecule has 5 nitrogen and oxygen atoms in total. The van der Waals surface area contributed by atoms with Crippen LogP contribution in [-0.2, 0) is 14.3 Å². The van der Waals surface area contributed by atoms with E-state index in [4.69, 9.17) is 9.47 Å². The summed E-state index contributed by atoms with van der Waals surface area (Å²) < 4.78 is 10.9. The van der Waals surface area contributed by atoms with Crippen LogP contribution in [0.4, 0.5) is 0 Å². The van der Waals surface area contributed by atoms with Crippen molar-refractivity contribution in [1.82, 2.24) is 10.2 Å². The summed E-state index contributed by atoms with van der Waals surface area (Å²) in [5.74, 6) is 0.237. The Balaban J connectivity index is 0. The van der Waals surface area contributed by atoms with E-state index in [1.807, 2.05) is 34.7 Å². The summed E-state index contributed by atoms with van der Waals surface area (Å²) in [5.41, 5.74) is -0.0297. The van der Waals surface area contributed by atoms with Gasteiger partial charge < -0.3 is 19.7 Å². The smallest absolute Gasteiger partial charge is 0.226 e. The van der Waals surface area contributed by atoms with Crippen LogP contribution in [-0.4, -0.2) is 63.4 Å². The summed E-state index contributed by atoms with van der Waals surface area (Å²) >= 11 is 0. The second kappa shape index (κ2) is 12.7. The number of ether oxygens (including phenoxy) is 2. The van der Waals surface area contributed by atoms with Crippen LogP contribution in [0.5, 0.6) is 0 Å². The molecule has 1 fully saturated rings. The molecule has 0 aromatic rings. The molecule has 23 heavy (non-hydrogen) atoms. The number of hydrogen-bond acceptors (Lipinski definition) is 4. The van der Waals surface area contributed by atoms with Crippen LogP contribution in [0.2, 0.25) is 0 Å². The third kappa shape index (κ3) is 9.95. The Labute approximate surface area is 144 Å². The summed E-state index contributed by atoms with van der Waals surface area (Å²) in [6.07, 6.45) is 3.33. The predicted octanol–water partition coefficient (Wildman–Crippen LogP) is 2.94. The second-order valence-corrected chi connectivity index (χ2v) is 6.22. The van der Waals surface area contributed by atoms with Crippen molar-refractivity contribution in [1.29, 1.82) is 0 Å². The van der Waals surface area contributed by atoms with E-state index in [2.05, 4.69) is 17.1 Å². The third-order valence-corrected chi connectivity index (χ3v) is 4.09. The van der Waals surface area contributed by atoms with Crippen LogP contribution in [0.25, 0.3) is 0 Å². The molecule has 0 unspecified atom stereocenters. The average molecular weight is 333 g/mol. The summed E-state index contributed by atoms with van der Waals surface area (Å²) in [6, 6.07) is 0. The topological polar surface area (TPSA) is 50.8 Å². The molecule has 5 heteroatoms. The second-order valence-electron chi connectivity index (χ2n) is 6.22. The predicted molar refractivity (Wildman–Crippen MR) is 97.8 cm³/mol. The molecule has 0 heterocycles. The van der Waals surface area contributed by atoms with E-state index in [9.17, 15) is 4.79 Å². The van der Waals surface area contributed by atoms with Crippen molar-refractivity contribution in [3.8, 4) is 0 Å². The molecule has 0 aromatic carbocycles. The fraction of sp³-hybridized carbons (Fsp3) is 0.944. The molecule has 1 rings (SSSR count). The van der Waals surface area contributed by atoms with Crippen molar-refractivity contribution in [3.63, 3.8) is 0 Å². The quantitative estimate of drug-likeness (QED) is 0.558. The zero-order valence-electron chi connectivity index (χ0n) is 16.1. The van der Waals surface area contributed by atoms with Crippen LogP contribution in [0, 0.1) is 5.41 Å². The van der Waals surface area contributed by atoms with Crippen molar-refractivity contribution in [2.75, 3.05) is 46.5 Å². The van der Waals surface area contributed by atoms with Gasteiger partial charge in [-0.05, 0) is 40.2 Å². The standard InChI is InChI=1S/C16H32N2O3.C2H6.H2/c1-5-16(6-7-16)15(19)17-8-9-18(4)10-11-20-12-13-21-14(2)3;1-2;/h14H,5-13H2,1-4H3,(H,17,19);1-2H3;1H. The highest BCUT2D eigenvalue weighted by Crippen LogP contribution is 2.48. The molecule has 1 amide bonds. The van der Waals surface area contributed by atoms with Gasteiger partial charge in [-0.1, -0.05) is 20.8 Å². The Hall–Kier alpha value is -0.650. The van der Waals surface area contributed by atoms with Gasteiger partial charge in [0.1, 0.15) is 0 Å². The van der Waals surface area contributed by atoms with Gasteiger partial charge >= 0.3 is 0 Å². The van der Waals surface area contributed by atoms with Gasteiger partial charge in [-0.25, -0.2) is 0 Å². The number of amides is 1. The first-order chi connectivity index (χ1) is 11.0. The van der Waals surface area contributed by atoms with E-state index in [1.165, 1.54) is 0 Å². The van der Waals surface area contributed by atoms with Crippen LogP contribution >= 0.6 is 0 Å². The number of carbonyl (C=O) groups excluding carboxylic acids is 1. The Kier molecular flexibility index (Phi) is 12.4. The largest absolute Gasteiger partial charge is 0.378 e. The monoisotopic (exact) mass is 332 g/mol. The lowest BCUT2D eigenvalue weighted by Crippen LogP contribution is -2.38. The number of nitrogens with one attached hydrogen (secondary N) is 1. The number of hydrogen-bond donors (Lipinski definition) is 1. The number of likely N-dealkylation sites (N-methyl/N-ethyl adjacent to an activating group) is 1. The Morgan fingerprint density at radius 2 is 1.87 bits per heavy atom. The van der Waals surface area contributed by atoms with Crippen molar-refractivity contribution < 1.29 is 15.7 Å². The SMILES string of the molecule is CC.CCC1(C(=O)NCCN(C)CCOCCOC(C)C)CC1.[HH]. The highest BCUT2D eigenvalue weighted by atomic mass is 16.5. The molecular weight excluding hydrogens is 292 g/mol. The molecule has 0 aliphatic heterocycles. The van der Waals surface area contributed by atoms with E-state index in [0.717, 1.165) is 32.4 Å². The van der Waals surface area contributed by atoms with E-state index in [-0.39, 0.29) is 18.9 Å². The lowest BCUT2D eigenvalue weighted by atomic mass is 10.0. The maximum absolute atomic E-state index is 12.0. The third-order valence-electron chi connectivity index (χ3n) is 4.09. The molecule has 1 N–H and O–H groups in total. The van der Waals surface area contributed by atoms with Gasteiger partial charge in [-0.2, -0.15) is 0 Å². The van der Waals surface area contributed by atoms with Gasteiger partial charge in [0.05, 0.1) is 25.9 Å². The molecular formula is C18H40N2O3. The Morgan fingerprint density at radius 1 is 1.22 bits per heavy atom. The maximum Gasteiger partial charge on any atom is 0.226 e. The highest BCUT2D eigenvalue weighted by Gasteiger charge is 2.47. The molecule has 140 valence electrons. The van der Waals surface area contributed by atoms with E-state index >= 15 is 0 Å². The minimum absolute atomic E-state index is 0. The summed E-state index contributed by atoms with van der Waals surface area (Å²) in [7, 11) is 2.05. The molecule has 0 aromatic heterocycles. The normalized spacial score (nSPS) is 15.3. The first kappa shape index (κ1) is 22.4. The average Bonchev–Trinajstić information content (AvgIpc) is 3.33. The van der Waals surface area contributed by atoms with Gasteiger partial charge in [-0.3, -0.25) is 4.79 Å². The van der Waals surface area contributed by atoms with E-state index < -0.39 is 0 Å². The van der Waals surface area contributed by atoms with Gasteiger partial charge in [0.25, 0.3) is 0 Å². The minimum atomic E-state index is -0.0297. The zero-order valence-corrected chi connectivity index (χ0v) is 16.1. The lowest BCUT2D eigenvalue weighted by Gasteiger charge is -2.18. The fourth-order valence-electron chi connectivity index (χ4n) is 2.22. The van der Waals surface area contributed by atoms with E-state index in [1.54, 1.807) is 0 Å². The molecule has 0 saturated heterocycles. The molecule has 0 atom stereocenters. The van der Waals surface area contributed by atoms with Crippen molar-refractivity contribution in [2.24, 2.45) is 5.41 Å². The number of nitrogens with zero attached hydrogens (tertiary/aromatic N) is 1. The first-order valence-corrected chi connectivity index (χ1v) is 9.16. The molecule has 0 bridgehead atoms. The van der Waals surface area contributed by atoms with E-state index in [0.29, 0.717) is 26.4 Å². The van der Waals surface area contributed by atoms with Gasteiger partial charge in [-0.15, -0.1) is 0 Å². The van der Waals surface area contributed by atoms with Gasteiger partial charge in [0.15, 0.2) is 0 Å². The zero-order chi connectivity index (χ0) is 17.7. The van der Waals surface area contributed by atoms with Crippen molar-refractivity contribution in [2.45, 2.75) is 60.0 Å². The van der Waals surface area contributed by atoms with Crippen LogP contribution in [0.1, 0.15) is 55.3 Å². The number of rotatable bonds is 12. The Bertz CT molecular complexity index is 311. The molecule has 1 aliphatic carbocycles. The van der Waals surface area contributed by atoms with Gasteiger partial charge in [0.2, 0.25) is 5.91 Å². The minimum Gasteiger partial charge on any atom is -0.378 e. The number of carbonyl (C=O) groups is 1. The summed E-state index contributed by atoms with van der Waals surface area (Å²) in [6.45, 7) is 14.6. The van der Waals surface area contributed by atoms with Crippen LogP contribution in [0.3, 0.4) is 0 Å². The van der Waals surface area contributed by atoms with Gasteiger partial charge in [0, 0.05) is 26.5 Å². The van der Waals surface area contributed by atoms with Crippen LogP contribution < -0.4 is 5.32 Å². The molecule has 0 spiro atoms. The maximum atomic E-state index is 12.0. The van der Waals surface area contributed by atoms with Crippen molar-refractivity contribution >= 4 is 5.91 Å². The molecule has 1 saturated carbocycles. The molecule has 0 radical (unpaired) electrons. The summed E-state index contributed by atoms with van der Waals surface area (Å²) in [5, 5.41) is 3.05.